The van der Waals surface area contributed by atoms with E-state index in [1.807, 2.05) is 18.2 Å². The molecule has 1 aliphatic heterocycles. The summed E-state index contributed by atoms with van der Waals surface area (Å²) < 4.78 is 28.3. The molecule has 1 fully saturated rings. The number of aliphatic hydroxyl groups excluding tert-OH is 2. The van der Waals surface area contributed by atoms with Crippen LogP contribution in [-0.2, 0) is 42.9 Å². The van der Waals surface area contributed by atoms with E-state index in [1.165, 1.54) is 77.0 Å². The van der Waals surface area contributed by atoms with E-state index in [1.54, 1.807) is 0 Å². The van der Waals surface area contributed by atoms with Gasteiger partial charge in [0.25, 0.3) is 0 Å². The summed E-state index contributed by atoms with van der Waals surface area (Å²) in [6.07, 6.45) is 56.7. The summed E-state index contributed by atoms with van der Waals surface area (Å²) in [4.78, 5) is 51.1. The Balaban J connectivity index is 2.73. The number of hydrogen-bond donors (Lipinski definition) is 3. The molecule has 0 bridgehead atoms. The van der Waals surface area contributed by atoms with Crippen LogP contribution in [0.1, 0.15) is 239 Å². The van der Waals surface area contributed by atoms with Crippen molar-refractivity contribution in [2.75, 3.05) is 13.2 Å². The van der Waals surface area contributed by atoms with Crippen molar-refractivity contribution in [2.45, 2.75) is 276 Å². The quantitative estimate of drug-likeness (QED) is 0.0228. The number of aliphatic carboxylic acids is 1. The maximum Gasteiger partial charge on any atom is 0.335 e. The molecule has 1 aliphatic rings. The minimum absolute atomic E-state index is 0.0688. The van der Waals surface area contributed by atoms with Gasteiger partial charge in [0.2, 0.25) is 0 Å². The molecule has 0 aromatic rings. The van der Waals surface area contributed by atoms with Crippen LogP contribution in [0.4, 0.5) is 0 Å². The van der Waals surface area contributed by atoms with Gasteiger partial charge < -0.3 is 39.0 Å². The second kappa shape index (κ2) is 52.3. The molecule has 3 N–H and O–H groups in total. The Morgan fingerprint density at radius 3 is 1.32 bits per heavy atom. The second-order valence-electron chi connectivity index (χ2n) is 20.3. The van der Waals surface area contributed by atoms with Crippen LogP contribution in [0.15, 0.2) is 97.2 Å². The Morgan fingerprint density at radius 1 is 0.442 bits per heavy atom. The van der Waals surface area contributed by atoms with Crippen LogP contribution in [0.25, 0.3) is 0 Å². The number of ether oxygens (including phenoxy) is 5. The van der Waals surface area contributed by atoms with Gasteiger partial charge in [0, 0.05) is 19.3 Å². The van der Waals surface area contributed by atoms with Crippen molar-refractivity contribution >= 4 is 23.9 Å². The fourth-order valence-corrected chi connectivity index (χ4v) is 8.54. The Morgan fingerprint density at radius 2 is 0.844 bits per heavy atom. The summed E-state index contributed by atoms with van der Waals surface area (Å²) in [5.74, 6) is -3.25. The molecule has 0 radical (unpaired) electrons. The highest BCUT2D eigenvalue weighted by molar-refractivity contribution is 5.74. The zero-order chi connectivity index (χ0) is 56.1. The largest absolute Gasteiger partial charge is 0.479 e. The van der Waals surface area contributed by atoms with Crippen molar-refractivity contribution in [1.29, 1.82) is 0 Å². The predicted octanol–water partition coefficient (Wildman–Crippen LogP) is 15.7. The monoisotopic (exact) mass is 1080 g/mol. The number of aliphatic hydroxyl groups is 2. The molecular formula is C65H106O12. The van der Waals surface area contributed by atoms with Crippen LogP contribution in [0.2, 0.25) is 0 Å². The number of rotatable bonds is 50. The molecule has 1 heterocycles. The zero-order valence-electron chi connectivity index (χ0n) is 48.2. The summed E-state index contributed by atoms with van der Waals surface area (Å²) in [5.41, 5.74) is 0. The van der Waals surface area contributed by atoms with Gasteiger partial charge in [-0.3, -0.25) is 14.4 Å². The van der Waals surface area contributed by atoms with Gasteiger partial charge in [-0.15, -0.1) is 0 Å². The first-order valence-electron chi connectivity index (χ1n) is 30.2. The summed E-state index contributed by atoms with van der Waals surface area (Å²) in [6, 6.07) is 0. The Bertz CT molecular complexity index is 1710. The van der Waals surface area contributed by atoms with Gasteiger partial charge in [-0.25, -0.2) is 4.79 Å². The number of hydrogen-bond acceptors (Lipinski definition) is 11. The lowest BCUT2D eigenvalue weighted by Gasteiger charge is -2.40. The molecule has 0 aliphatic carbocycles. The minimum atomic E-state index is -1.93. The Kier molecular flexibility index (Phi) is 48.0. The van der Waals surface area contributed by atoms with Crippen LogP contribution < -0.4 is 0 Å². The molecule has 0 aromatic heterocycles. The molecule has 1 saturated heterocycles. The van der Waals surface area contributed by atoms with Gasteiger partial charge in [0.1, 0.15) is 18.8 Å². The van der Waals surface area contributed by atoms with Gasteiger partial charge in [0.05, 0.1) is 6.61 Å². The van der Waals surface area contributed by atoms with Crippen molar-refractivity contribution in [2.24, 2.45) is 0 Å². The average Bonchev–Trinajstić information content (AvgIpc) is 3.42. The lowest BCUT2D eigenvalue weighted by molar-refractivity contribution is -0.301. The molecular weight excluding hydrogens is 973 g/mol. The van der Waals surface area contributed by atoms with E-state index in [0.717, 1.165) is 96.3 Å². The number of allylic oxidation sites excluding steroid dienone is 16. The fourth-order valence-electron chi connectivity index (χ4n) is 8.54. The first-order chi connectivity index (χ1) is 37.6. The zero-order valence-corrected chi connectivity index (χ0v) is 48.2. The van der Waals surface area contributed by atoms with E-state index in [9.17, 15) is 34.5 Å². The number of carbonyl (C=O) groups is 4. The molecule has 77 heavy (non-hydrogen) atoms. The third-order valence-corrected chi connectivity index (χ3v) is 13.2. The molecule has 6 unspecified atom stereocenters. The van der Waals surface area contributed by atoms with Gasteiger partial charge >= 0.3 is 23.9 Å². The normalized spacial score (nSPS) is 18.7. The van der Waals surface area contributed by atoms with Crippen LogP contribution in [0.3, 0.4) is 0 Å². The second-order valence-corrected chi connectivity index (χ2v) is 20.3. The number of carboxylic acids is 1. The summed E-state index contributed by atoms with van der Waals surface area (Å²) >= 11 is 0. The van der Waals surface area contributed by atoms with Gasteiger partial charge in [-0.2, -0.15) is 0 Å². The molecule has 0 spiro atoms. The molecule has 0 aromatic carbocycles. The fraction of sp³-hybridized carbons (Fsp3) is 0.692. The molecule has 12 nitrogen and oxygen atoms in total. The Labute approximate surface area is 466 Å². The number of unbranched alkanes of at least 4 members (excludes halogenated alkanes) is 20. The lowest BCUT2D eigenvalue weighted by atomic mass is 9.98. The highest BCUT2D eigenvalue weighted by Crippen LogP contribution is 2.26. The first kappa shape index (κ1) is 70.7. The predicted molar refractivity (Wildman–Crippen MR) is 312 cm³/mol. The summed E-state index contributed by atoms with van der Waals surface area (Å²) in [7, 11) is 0. The van der Waals surface area contributed by atoms with Crippen molar-refractivity contribution in [3.63, 3.8) is 0 Å². The third kappa shape index (κ3) is 42.3. The molecule has 0 saturated carbocycles. The van der Waals surface area contributed by atoms with E-state index in [2.05, 4.69) is 99.8 Å². The summed E-state index contributed by atoms with van der Waals surface area (Å²) in [6.45, 7) is 5.81. The van der Waals surface area contributed by atoms with Crippen LogP contribution in [-0.4, -0.2) is 89.2 Å². The van der Waals surface area contributed by atoms with Crippen LogP contribution >= 0.6 is 0 Å². The summed E-state index contributed by atoms with van der Waals surface area (Å²) in [5, 5.41) is 31.5. The molecule has 6 atom stereocenters. The van der Waals surface area contributed by atoms with E-state index in [-0.39, 0.29) is 25.9 Å². The minimum Gasteiger partial charge on any atom is -0.479 e. The Hall–Kier alpha value is -4.36. The highest BCUT2D eigenvalue weighted by atomic mass is 16.7. The van der Waals surface area contributed by atoms with Gasteiger partial charge in [0.15, 0.2) is 24.6 Å². The number of carbonyl (C=O) groups excluding carboxylic acids is 3. The topological polar surface area (TPSA) is 175 Å². The lowest BCUT2D eigenvalue weighted by Crippen LogP contribution is -2.61. The molecule has 12 heteroatoms. The van der Waals surface area contributed by atoms with Gasteiger partial charge in [-0.1, -0.05) is 227 Å². The van der Waals surface area contributed by atoms with Gasteiger partial charge in [-0.05, 0) is 89.9 Å². The molecule has 438 valence electrons. The average molecular weight is 1080 g/mol. The SMILES string of the molecule is CC/C=C\C/C=C\C/C=C\C/C=C\C/C=C\C/C=C\CCC(=O)OC1C(OCC(COC(=O)CCCCCCC/C=C\C/C=C\CCCCC)OC(=O)CCCCCCCCCCCCCCC)OC(C(=O)O)C(O)C1O. The van der Waals surface area contributed by atoms with Crippen molar-refractivity contribution in [1.82, 2.24) is 0 Å². The van der Waals surface area contributed by atoms with Crippen LogP contribution in [0.5, 0.6) is 0 Å². The van der Waals surface area contributed by atoms with E-state index < -0.39 is 67.3 Å². The number of esters is 3. The number of carboxylic acid groups (broad SMARTS) is 1. The highest BCUT2D eigenvalue weighted by Gasteiger charge is 2.50. The van der Waals surface area contributed by atoms with Crippen molar-refractivity contribution in [3.8, 4) is 0 Å². The van der Waals surface area contributed by atoms with E-state index >= 15 is 0 Å². The van der Waals surface area contributed by atoms with E-state index in [0.29, 0.717) is 25.7 Å². The van der Waals surface area contributed by atoms with Crippen LogP contribution in [0, 0.1) is 0 Å². The maximum atomic E-state index is 13.1. The van der Waals surface area contributed by atoms with E-state index in [4.69, 9.17) is 23.7 Å². The van der Waals surface area contributed by atoms with Crippen molar-refractivity contribution < 1.29 is 58.2 Å². The molecule has 1 rings (SSSR count). The van der Waals surface area contributed by atoms with Crippen molar-refractivity contribution in [3.05, 3.63) is 97.2 Å². The smallest absolute Gasteiger partial charge is 0.335 e. The first-order valence-corrected chi connectivity index (χ1v) is 30.2. The third-order valence-electron chi connectivity index (χ3n) is 13.2. The standard InChI is InChI=1S/C65H106O12/c1-4-7-10-13-16-19-22-25-27-28-29-30-32-35-38-41-44-47-50-53-59(68)76-63-61(70)60(69)62(64(71)72)77-65(63)74-55-56(75-58(67)52-49-46-43-40-37-33-24-21-18-15-12-9-6-3)54-73-57(66)51-48-45-42-39-36-34-31-26-23-20-17-14-11-8-5-2/h7,10,16-17,19-20,25-27,29-31,35,38,44,47,56,60-63,65,69-70H,4-6,8-9,11-15,18,21-24,28,32-34,36-37,39-43,45-46,48-55H2,1-3H3,(H,71,72)/b10-7-,19-16-,20-17-,27-25-,30-29-,31-26-,38-35-,47-44-. The molecule has 0 amide bonds. The maximum absolute atomic E-state index is 13.1.